The number of amides is 1. The number of halogens is 2. The lowest BCUT2D eigenvalue weighted by Crippen LogP contribution is -2.24. The minimum atomic E-state index is -0.284. The van der Waals surface area contributed by atoms with Gasteiger partial charge in [0.1, 0.15) is 11.7 Å². The summed E-state index contributed by atoms with van der Waals surface area (Å²) >= 11 is 12.5. The summed E-state index contributed by atoms with van der Waals surface area (Å²) in [6, 6.07) is 9.11. The van der Waals surface area contributed by atoms with E-state index < -0.39 is 0 Å². The van der Waals surface area contributed by atoms with E-state index in [1.54, 1.807) is 21.5 Å². The highest BCUT2D eigenvalue weighted by molar-refractivity contribution is 6.32. The lowest BCUT2D eigenvalue weighted by molar-refractivity contribution is -0.121. The first-order valence-electron chi connectivity index (χ1n) is 8.19. The van der Waals surface area contributed by atoms with Crippen LogP contribution >= 0.6 is 23.2 Å². The predicted molar refractivity (Wildman–Crippen MR) is 106 cm³/mol. The molecule has 9 heteroatoms. The zero-order valence-electron chi connectivity index (χ0n) is 15.1. The highest BCUT2D eigenvalue weighted by Gasteiger charge is 2.13. The molecule has 0 unspecified atom stereocenters. The van der Waals surface area contributed by atoms with Crippen molar-refractivity contribution < 1.29 is 4.79 Å². The van der Waals surface area contributed by atoms with Gasteiger partial charge in [-0.2, -0.15) is 15.3 Å². The molecular formula is C18H18Cl2N6O. The summed E-state index contributed by atoms with van der Waals surface area (Å²) in [6.45, 7) is 5.67. The summed E-state index contributed by atoms with van der Waals surface area (Å²) in [5.41, 5.74) is 6.28. The summed E-state index contributed by atoms with van der Waals surface area (Å²) < 4.78 is 3.19. The molecule has 140 valence electrons. The second-order valence-corrected chi connectivity index (χ2v) is 6.85. The average molecular weight is 405 g/mol. The maximum absolute atomic E-state index is 12.0. The minimum absolute atomic E-state index is 0.0888. The van der Waals surface area contributed by atoms with E-state index in [0.29, 0.717) is 21.4 Å². The minimum Gasteiger partial charge on any atom is -0.271 e. The van der Waals surface area contributed by atoms with E-state index in [9.17, 15) is 4.79 Å². The van der Waals surface area contributed by atoms with Crippen molar-refractivity contribution in [2.45, 2.75) is 27.3 Å². The van der Waals surface area contributed by atoms with Crippen LogP contribution in [0.3, 0.4) is 0 Å². The Kier molecular flexibility index (Phi) is 5.62. The molecule has 0 aliphatic heterocycles. The molecule has 1 aromatic carbocycles. The number of hydrazone groups is 1. The van der Waals surface area contributed by atoms with E-state index in [4.69, 9.17) is 23.2 Å². The fourth-order valence-electron chi connectivity index (χ4n) is 2.61. The van der Waals surface area contributed by atoms with Gasteiger partial charge in [0.05, 0.1) is 28.9 Å². The normalized spacial score (nSPS) is 11.3. The Morgan fingerprint density at radius 2 is 2.00 bits per heavy atom. The lowest BCUT2D eigenvalue weighted by atomic mass is 10.3. The number of carbonyl (C=O) groups is 1. The smallest absolute Gasteiger partial charge is 0.261 e. The molecule has 0 aliphatic rings. The van der Waals surface area contributed by atoms with Crippen molar-refractivity contribution >= 4 is 35.3 Å². The Hall–Kier alpha value is -2.64. The van der Waals surface area contributed by atoms with E-state index in [2.05, 4.69) is 20.7 Å². The molecule has 0 atom stereocenters. The second kappa shape index (κ2) is 7.94. The molecule has 0 saturated carbocycles. The number of aromatic nitrogens is 4. The summed E-state index contributed by atoms with van der Waals surface area (Å²) in [7, 11) is 0. The van der Waals surface area contributed by atoms with Crippen LogP contribution in [0.4, 0.5) is 0 Å². The molecular weight excluding hydrogens is 387 g/mol. The molecule has 1 amide bonds. The van der Waals surface area contributed by atoms with Gasteiger partial charge in [0.2, 0.25) is 0 Å². The summed E-state index contributed by atoms with van der Waals surface area (Å²) in [5, 5.41) is 13.6. The number of hydrogen-bond donors (Lipinski definition) is 1. The molecule has 0 saturated heterocycles. The van der Waals surface area contributed by atoms with Crippen LogP contribution in [0, 0.1) is 20.8 Å². The van der Waals surface area contributed by atoms with Crippen LogP contribution in [0.2, 0.25) is 10.2 Å². The fraction of sp³-hybridized carbons (Fsp3) is 0.222. The van der Waals surface area contributed by atoms with Gasteiger partial charge in [-0.25, -0.2) is 10.1 Å². The standard InChI is InChI=1S/C18H18Cl2N6O/c1-11-7-12(2)25(23-11)10-17(27)22-21-9-16-13(3)24-26(18(16)20)15-6-4-5-14(19)8-15/h4-9H,10H2,1-3H3,(H,22,27)/b21-9-. The average Bonchev–Trinajstić information content (AvgIpc) is 3.07. The number of aryl methyl sites for hydroxylation is 3. The molecule has 1 N–H and O–H groups in total. The van der Waals surface area contributed by atoms with Gasteiger partial charge in [0.15, 0.2) is 0 Å². The van der Waals surface area contributed by atoms with E-state index in [1.165, 1.54) is 6.21 Å². The quantitative estimate of drug-likeness (QED) is 0.522. The molecule has 0 spiro atoms. The maximum atomic E-state index is 12.0. The van der Waals surface area contributed by atoms with E-state index in [0.717, 1.165) is 17.1 Å². The molecule has 7 nitrogen and oxygen atoms in total. The largest absolute Gasteiger partial charge is 0.271 e. The Morgan fingerprint density at radius 3 is 2.67 bits per heavy atom. The second-order valence-electron chi connectivity index (χ2n) is 6.06. The Bertz CT molecular complexity index is 1020. The van der Waals surface area contributed by atoms with Crippen molar-refractivity contribution in [3.8, 4) is 5.69 Å². The Balaban J connectivity index is 1.72. The van der Waals surface area contributed by atoms with Gasteiger partial charge in [-0.1, -0.05) is 29.3 Å². The maximum Gasteiger partial charge on any atom is 0.261 e. The number of nitrogens with zero attached hydrogens (tertiary/aromatic N) is 5. The number of nitrogens with one attached hydrogen (secondary N) is 1. The van der Waals surface area contributed by atoms with Crippen LogP contribution < -0.4 is 5.43 Å². The molecule has 2 heterocycles. The van der Waals surface area contributed by atoms with Crippen molar-refractivity contribution in [3.05, 3.63) is 63.2 Å². The first-order valence-corrected chi connectivity index (χ1v) is 8.95. The first kappa shape index (κ1) is 19.1. The molecule has 0 radical (unpaired) electrons. The third-order valence-corrected chi connectivity index (χ3v) is 4.48. The number of hydrogen-bond acceptors (Lipinski definition) is 4. The number of benzene rings is 1. The van der Waals surface area contributed by atoms with Gasteiger partial charge in [-0.05, 0) is 45.0 Å². The van der Waals surface area contributed by atoms with Crippen molar-refractivity contribution in [2.24, 2.45) is 5.10 Å². The molecule has 0 aliphatic carbocycles. The predicted octanol–water partition coefficient (Wildman–Crippen LogP) is 3.45. The SMILES string of the molecule is Cc1cc(C)n(CC(=O)N/N=C\c2c(C)nn(-c3cccc(Cl)c3)c2Cl)n1. The molecule has 2 aromatic heterocycles. The molecule has 3 rings (SSSR count). The summed E-state index contributed by atoms with van der Waals surface area (Å²) in [5.74, 6) is -0.284. The third kappa shape index (κ3) is 4.37. The number of rotatable bonds is 5. The molecule has 0 fully saturated rings. The molecule has 3 aromatic rings. The number of carbonyl (C=O) groups excluding carboxylic acids is 1. The van der Waals surface area contributed by atoms with Crippen molar-refractivity contribution in [1.29, 1.82) is 0 Å². The van der Waals surface area contributed by atoms with Crippen molar-refractivity contribution in [1.82, 2.24) is 25.0 Å². The topological polar surface area (TPSA) is 77.1 Å². The highest BCUT2D eigenvalue weighted by atomic mass is 35.5. The monoisotopic (exact) mass is 404 g/mol. The van der Waals surface area contributed by atoms with Gasteiger partial charge in [-0.3, -0.25) is 9.48 Å². The lowest BCUT2D eigenvalue weighted by Gasteiger charge is -2.03. The van der Waals surface area contributed by atoms with Gasteiger partial charge in [0, 0.05) is 10.7 Å². The van der Waals surface area contributed by atoms with Crippen LogP contribution in [0.25, 0.3) is 5.69 Å². The van der Waals surface area contributed by atoms with E-state index >= 15 is 0 Å². The molecule has 27 heavy (non-hydrogen) atoms. The van der Waals surface area contributed by atoms with Crippen LogP contribution in [0.15, 0.2) is 35.4 Å². The highest BCUT2D eigenvalue weighted by Crippen LogP contribution is 2.23. The fourth-order valence-corrected chi connectivity index (χ4v) is 3.12. The van der Waals surface area contributed by atoms with Crippen LogP contribution in [-0.4, -0.2) is 31.7 Å². The van der Waals surface area contributed by atoms with Crippen LogP contribution in [0.1, 0.15) is 22.6 Å². The Morgan fingerprint density at radius 1 is 1.22 bits per heavy atom. The van der Waals surface area contributed by atoms with E-state index in [1.807, 2.05) is 39.0 Å². The van der Waals surface area contributed by atoms with Crippen molar-refractivity contribution in [3.63, 3.8) is 0 Å². The Labute approximate surface area is 166 Å². The van der Waals surface area contributed by atoms with E-state index in [-0.39, 0.29) is 12.5 Å². The van der Waals surface area contributed by atoms with Crippen LogP contribution in [0.5, 0.6) is 0 Å². The summed E-state index contributed by atoms with van der Waals surface area (Å²) in [4.78, 5) is 12.0. The zero-order valence-corrected chi connectivity index (χ0v) is 16.6. The van der Waals surface area contributed by atoms with Gasteiger partial charge >= 0.3 is 0 Å². The molecule has 0 bridgehead atoms. The summed E-state index contributed by atoms with van der Waals surface area (Å²) in [6.07, 6.45) is 1.48. The van der Waals surface area contributed by atoms with Gasteiger partial charge < -0.3 is 0 Å². The van der Waals surface area contributed by atoms with Gasteiger partial charge in [-0.15, -0.1) is 0 Å². The first-order chi connectivity index (χ1) is 12.8. The van der Waals surface area contributed by atoms with Crippen LogP contribution in [-0.2, 0) is 11.3 Å². The van der Waals surface area contributed by atoms with Crippen molar-refractivity contribution in [2.75, 3.05) is 0 Å². The zero-order chi connectivity index (χ0) is 19.6. The third-order valence-electron chi connectivity index (χ3n) is 3.88. The van der Waals surface area contributed by atoms with Gasteiger partial charge in [0.25, 0.3) is 5.91 Å².